The number of aliphatic hydroxyl groups is 2. The van der Waals surface area contributed by atoms with Gasteiger partial charge in [-0.3, -0.25) is 4.79 Å². The van der Waals surface area contributed by atoms with Crippen LogP contribution < -0.4 is 14.8 Å². The van der Waals surface area contributed by atoms with Crippen molar-refractivity contribution in [3.05, 3.63) is 101 Å². The van der Waals surface area contributed by atoms with E-state index in [1.54, 1.807) is 20.2 Å². The molecule has 0 aliphatic heterocycles. The number of esters is 1. The van der Waals surface area contributed by atoms with Crippen LogP contribution in [-0.4, -0.2) is 57.9 Å². The summed E-state index contributed by atoms with van der Waals surface area (Å²) in [6.45, 7) is -0.595. The Kier molecular flexibility index (Phi) is 10.6. The standard InChI is InChI=1S/C31H32ClN3O7/c1-35-29(41-18-21-8-12-26(40-2)13-9-21)17-27(34-35)30(38)33-25(16-28(37)31(39)42-19-36)14-20-6-10-22(11-7-20)23-4-3-5-24(32)15-23/h3-13,15,17,25,28,36-37H,14,16,18-19H2,1-2H3,(H,33,38)/t25-,28-/m1/s1. The van der Waals surface area contributed by atoms with Gasteiger partial charge in [0.25, 0.3) is 5.91 Å². The molecule has 3 aromatic carbocycles. The summed E-state index contributed by atoms with van der Waals surface area (Å²) in [4.78, 5) is 25.2. The quantitative estimate of drug-likeness (QED) is 0.157. The van der Waals surface area contributed by atoms with E-state index in [-0.39, 0.29) is 18.7 Å². The molecule has 0 bridgehead atoms. The molecule has 0 saturated heterocycles. The lowest BCUT2D eigenvalue weighted by Gasteiger charge is -2.21. The fourth-order valence-electron chi connectivity index (χ4n) is 4.34. The third-order valence-corrected chi connectivity index (χ3v) is 6.77. The Morgan fingerprint density at radius 1 is 1.00 bits per heavy atom. The number of amides is 1. The second-order valence-electron chi connectivity index (χ2n) is 9.55. The summed E-state index contributed by atoms with van der Waals surface area (Å²) >= 11 is 6.12. The molecule has 0 radical (unpaired) electrons. The monoisotopic (exact) mass is 593 g/mol. The fraction of sp³-hybridized carbons (Fsp3) is 0.258. The third-order valence-electron chi connectivity index (χ3n) is 6.53. The van der Waals surface area contributed by atoms with E-state index in [1.165, 1.54) is 10.7 Å². The molecule has 4 aromatic rings. The minimum Gasteiger partial charge on any atom is -0.497 e. The molecular formula is C31H32ClN3O7. The van der Waals surface area contributed by atoms with Crippen LogP contribution in [0.1, 0.15) is 28.0 Å². The number of ether oxygens (including phenoxy) is 3. The summed E-state index contributed by atoms with van der Waals surface area (Å²) < 4.78 is 17.0. The summed E-state index contributed by atoms with van der Waals surface area (Å²) in [6.07, 6.45) is -1.40. The van der Waals surface area contributed by atoms with Crippen molar-refractivity contribution in [1.29, 1.82) is 0 Å². The SMILES string of the molecule is COc1ccc(COc2cc(C(=O)N[C@H](Cc3ccc(-c4cccc(Cl)c4)cc3)C[C@@H](O)C(=O)OCO)nn2C)cc1. The Bertz CT molecular complexity index is 1490. The molecule has 0 saturated carbocycles. The lowest BCUT2D eigenvalue weighted by Crippen LogP contribution is -2.41. The van der Waals surface area contributed by atoms with E-state index >= 15 is 0 Å². The zero-order chi connectivity index (χ0) is 30.1. The van der Waals surface area contributed by atoms with Gasteiger partial charge in [-0.2, -0.15) is 5.10 Å². The third kappa shape index (κ3) is 8.32. The molecule has 3 N–H and O–H groups in total. The first kappa shape index (κ1) is 30.6. The number of aliphatic hydroxyl groups excluding tert-OH is 2. The molecule has 10 nitrogen and oxygen atoms in total. The predicted octanol–water partition coefficient (Wildman–Crippen LogP) is 3.91. The number of hydrogen-bond acceptors (Lipinski definition) is 8. The first-order chi connectivity index (χ1) is 20.2. The Hall–Kier alpha value is -4.38. The number of carbonyl (C=O) groups excluding carboxylic acids is 2. The van der Waals surface area contributed by atoms with Crippen LogP contribution in [-0.2, 0) is 29.6 Å². The van der Waals surface area contributed by atoms with E-state index in [2.05, 4.69) is 15.2 Å². The van der Waals surface area contributed by atoms with Gasteiger partial charge in [0, 0.05) is 30.6 Å². The maximum absolute atomic E-state index is 13.2. The number of hydrogen-bond donors (Lipinski definition) is 3. The highest BCUT2D eigenvalue weighted by Crippen LogP contribution is 2.24. The Morgan fingerprint density at radius 3 is 2.38 bits per heavy atom. The van der Waals surface area contributed by atoms with Crippen molar-refractivity contribution in [3.8, 4) is 22.8 Å². The van der Waals surface area contributed by atoms with E-state index in [9.17, 15) is 14.7 Å². The minimum absolute atomic E-state index is 0.107. The van der Waals surface area contributed by atoms with E-state index in [1.807, 2.05) is 66.7 Å². The molecular weight excluding hydrogens is 562 g/mol. The number of rotatable bonds is 13. The molecule has 42 heavy (non-hydrogen) atoms. The molecule has 1 heterocycles. The molecule has 2 atom stereocenters. The van der Waals surface area contributed by atoms with Crippen molar-refractivity contribution in [2.45, 2.75) is 31.6 Å². The molecule has 0 aliphatic carbocycles. The Balaban J connectivity index is 1.45. The lowest BCUT2D eigenvalue weighted by molar-refractivity contribution is -0.162. The lowest BCUT2D eigenvalue weighted by atomic mass is 9.97. The molecule has 1 amide bonds. The highest BCUT2D eigenvalue weighted by Gasteiger charge is 2.25. The molecule has 1 aromatic heterocycles. The van der Waals surface area contributed by atoms with E-state index in [4.69, 9.17) is 26.2 Å². The van der Waals surface area contributed by atoms with Crippen LogP contribution in [0, 0.1) is 0 Å². The topological polar surface area (TPSA) is 132 Å². The molecule has 0 spiro atoms. The minimum atomic E-state index is -1.56. The van der Waals surface area contributed by atoms with Crippen LogP contribution >= 0.6 is 11.6 Å². The number of nitrogens with one attached hydrogen (secondary N) is 1. The van der Waals surface area contributed by atoms with Gasteiger partial charge in [-0.05, 0) is 52.9 Å². The first-order valence-electron chi connectivity index (χ1n) is 13.2. The maximum Gasteiger partial charge on any atom is 0.337 e. The predicted molar refractivity (Wildman–Crippen MR) is 156 cm³/mol. The number of benzene rings is 3. The fourth-order valence-corrected chi connectivity index (χ4v) is 4.53. The largest absolute Gasteiger partial charge is 0.497 e. The smallest absolute Gasteiger partial charge is 0.337 e. The van der Waals surface area contributed by atoms with E-state index in [0.29, 0.717) is 17.3 Å². The summed E-state index contributed by atoms with van der Waals surface area (Å²) in [6, 6.07) is 23.4. The van der Waals surface area contributed by atoms with Crippen molar-refractivity contribution in [3.63, 3.8) is 0 Å². The van der Waals surface area contributed by atoms with Crippen LogP contribution in [0.15, 0.2) is 78.9 Å². The summed E-state index contributed by atoms with van der Waals surface area (Å²) in [5.41, 5.74) is 3.80. The highest BCUT2D eigenvalue weighted by molar-refractivity contribution is 6.30. The van der Waals surface area contributed by atoms with E-state index < -0.39 is 30.8 Å². The molecule has 11 heteroatoms. The second-order valence-corrected chi connectivity index (χ2v) is 9.99. The van der Waals surface area contributed by atoms with Crippen LogP contribution in [0.5, 0.6) is 11.6 Å². The van der Waals surface area contributed by atoms with Crippen molar-refractivity contribution in [1.82, 2.24) is 15.1 Å². The van der Waals surface area contributed by atoms with Crippen molar-refractivity contribution >= 4 is 23.5 Å². The van der Waals surface area contributed by atoms with Crippen molar-refractivity contribution in [2.24, 2.45) is 7.05 Å². The highest BCUT2D eigenvalue weighted by atomic mass is 35.5. The van der Waals surface area contributed by atoms with Gasteiger partial charge < -0.3 is 29.7 Å². The van der Waals surface area contributed by atoms with Crippen molar-refractivity contribution < 1.29 is 34.0 Å². The van der Waals surface area contributed by atoms with Gasteiger partial charge in [-0.1, -0.05) is 60.1 Å². The molecule has 0 unspecified atom stereocenters. The zero-order valence-electron chi connectivity index (χ0n) is 23.2. The first-order valence-corrected chi connectivity index (χ1v) is 13.5. The zero-order valence-corrected chi connectivity index (χ0v) is 24.0. The average Bonchev–Trinajstić information content (AvgIpc) is 3.37. The van der Waals surface area contributed by atoms with Crippen LogP contribution in [0.25, 0.3) is 11.1 Å². The normalized spacial score (nSPS) is 12.3. The van der Waals surface area contributed by atoms with Gasteiger partial charge in [0.2, 0.25) is 5.88 Å². The average molecular weight is 594 g/mol. The van der Waals surface area contributed by atoms with Crippen LogP contribution in [0.3, 0.4) is 0 Å². The summed E-state index contributed by atoms with van der Waals surface area (Å²) in [5.74, 6) is -0.372. The number of carbonyl (C=O) groups is 2. The number of aryl methyl sites for hydroxylation is 1. The Morgan fingerprint density at radius 2 is 1.71 bits per heavy atom. The number of halogens is 1. The van der Waals surface area contributed by atoms with Gasteiger partial charge in [0.15, 0.2) is 18.6 Å². The molecule has 0 aliphatic rings. The van der Waals surface area contributed by atoms with Crippen molar-refractivity contribution in [2.75, 3.05) is 13.9 Å². The summed E-state index contributed by atoms with van der Waals surface area (Å²) in [5, 5.41) is 27.0. The summed E-state index contributed by atoms with van der Waals surface area (Å²) in [7, 11) is 3.26. The number of nitrogens with zero attached hydrogens (tertiary/aromatic N) is 2. The Labute approximate surface area is 248 Å². The molecule has 220 valence electrons. The van der Waals surface area contributed by atoms with Gasteiger partial charge in [-0.15, -0.1) is 0 Å². The van der Waals surface area contributed by atoms with E-state index in [0.717, 1.165) is 28.0 Å². The van der Waals surface area contributed by atoms with Gasteiger partial charge in [0.1, 0.15) is 12.4 Å². The number of methoxy groups -OCH3 is 1. The molecule has 0 fully saturated rings. The molecule has 4 rings (SSSR count). The van der Waals surface area contributed by atoms with Crippen LogP contribution in [0.4, 0.5) is 0 Å². The van der Waals surface area contributed by atoms with Gasteiger partial charge >= 0.3 is 5.97 Å². The maximum atomic E-state index is 13.2. The van der Waals surface area contributed by atoms with Gasteiger partial charge in [0.05, 0.1) is 7.11 Å². The second kappa shape index (κ2) is 14.5. The van der Waals surface area contributed by atoms with Gasteiger partial charge in [-0.25, -0.2) is 9.48 Å². The van der Waals surface area contributed by atoms with Crippen LogP contribution in [0.2, 0.25) is 5.02 Å². The number of aromatic nitrogens is 2.